The molecule has 0 aliphatic carbocycles. The molecule has 0 saturated heterocycles. The van der Waals surface area contributed by atoms with E-state index in [9.17, 15) is 0 Å². The third-order valence-electron chi connectivity index (χ3n) is 2.88. The summed E-state index contributed by atoms with van der Waals surface area (Å²) in [6.07, 6.45) is 1.73. The fourth-order valence-electron chi connectivity index (χ4n) is 1.94. The topological polar surface area (TPSA) is 63.8 Å². The molecule has 0 bridgehead atoms. The van der Waals surface area contributed by atoms with Gasteiger partial charge in [-0.25, -0.2) is 4.98 Å². The molecule has 0 aliphatic heterocycles. The zero-order valence-corrected chi connectivity index (χ0v) is 10.4. The van der Waals surface area contributed by atoms with Gasteiger partial charge in [-0.2, -0.15) is 0 Å². The lowest BCUT2D eigenvalue weighted by molar-refractivity contribution is 1.07. The number of nitrogens with one attached hydrogen (secondary N) is 1. The number of hydrogen-bond acceptors (Lipinski definition) is 4. The van der Waals surface area contributed by atoms with Crippen molar-refractivity contribution >= 4 is 22.5 Å². The molecule has 19 heavy (non-hydrogen) atoms. The van der Waals surface area contributed by atoms with E-state index in [2.05, 4.69) is 15.3 Å². The second kappa shape index (κ2) is 5.04. The molecule has 3 rings (SSSR count). The van der Waals surface area contributed by atoms with Gasteiger partial charge in [0.2, 0.25) is 0 Å². The Morgan fingerprint density at radius 3 is 2.68 bits per heavy atom. The lowest BCUT2D eigenvalue weighted by Crippen LogP contribution is -1.99. The third-order valence-corrected chi connectivity index (χ3v) is 2.88. The Kier molecular flexibility index (Phi) is 3.08. The Labute approximate surface area is 111 Å². The van der Waals surface area contributed by atoms with Gasteiger partial charge in [0, 0.05) is 12.2 Å². The number of fused-ring (bicyclic) bond motifs is 1. The van der Waals surface area contributed by atoms with Gasteiger partial charge >= 0.3 is 0 Å². The lowest BCUT2D eigenvalue weighted by atomic mass is 10.2. The second-order valence-corrected chi connectivity index (χ2v) is 4.27. The van der Waals surface area contributed by atoms with Gasteiger partial charge in [-0.1, -0.05) is 24.3 Å². The SMILES string of the molecule is NCc1cccc(Nc2cnc3ccccc3n2)c1. The number of benzene rings is 2. The summed E-state index contributed by atoms with van der Waals surface area (Å²) in [5.41, 5.74) is 9.45. The lowest BCUT2D eigenvalue weighted by Gasteiger charge is -2.07. The summed E-state index contributed by atoms with van der Waals surface area (Å²) in [6.45, 7) is 0.527. The fourth-order valence-corrected chi connectivity index (χ4v) is 1.94. The van der Waals surface area contributed by atoms with Crippen molar-refractivity contribution < 1.29 is 0 Å². The molecule has 4 nitrogen and oxygen atoms in total. The minimum atomic E-state index is 0.527. The van der Waals surface area contributed by atoms with Gasteiger partial charge in [-0.15, -0.1) is 0 Å². The van der Waals surface area contributed by atoms with E-state index in [1.807, 2.05) is 48.5 Å². The summed E-state index contributed by atoms with van der Waals surface area (Å²) in [5, 5.41) is 3.24. The fraction of sp³-hybridized carbons (Fsp3) is 0.0667. The van der Waals surface area contributed by atoms with Crippen molar-refractivity contribution in [2.24, 2.45) is 5.73 Å². The van der Waals surface area contributed by atoms with E-state index in [4.69, 9.17) is 5.73 Å². The number of rotatable bonds is 3. The Morgan fingerprint density at radius 1 is 1.00 bits per heavy atom. The van der Waals surface area contributed by atoms with E-state index in [0.717, 1.165) is 28.1 Å². The van der Waals surface area contributed by atoms with E-state index in [0.29, 0.717) is 6.54 Å². The molecule has 2 aromatic carbocycles. The predicted octanol–water partition coefficient (Wildman–Crippen LogP) is 2.83. The first kappa shape index (κ1) is 11.6. The second-order valence-electron chi connectivity index (χ2n) is 4.27. The molecule has 3 aromatic rings. The molecule has 0 fully saturated rings. The van der Waals surface area contributed by atoms with Gasteiger partial charge in [0.25, 0.3) is 0 Å². The summed E-state index contributed by atoms with van der Waals surface area (Å²) >= 11 is 0. The molecule has 0 spiro atoms. The molecule has 1 heterocycles. The molecule has 0 radical (unpaired) electrons. The zero-order valence-electron chi connectivity index (χ0n) is 10.4. The highest BCUT2D eigenvalue weighted by atomic mass is 15.0. The first-order valence-electron chi connectivity index (χ1n) is 6.13. The minimum absolute atomic E-state index is 0.527. The number of hydrogen-bond donors (Lipinski definition) is 2. The quantitative estimate of drug-likeness (QED) is 0.750. The van der Waals surface area contributed by atoms with Crippen LogP contribution in [-0.4, -0.2) is 9.97 Å². The van der Waals surface area contributed by atoms with Crippen LogP contribution in [0.25, 0.3) is 11.0 Å². The predicted molar refractivity (Wildman–Crippen MR) is 77.2 cm³/mol. The molecule has 1 aromatic heterocycles. The van der Waals surface area contributed by atoms with E-state index < -0.39 is 0 Å². The van der Waals surface area contributed by atoms with Crippen LogP contribution in [0, 0.1) is 0 Å². The van der Waals surface area contributed by atoms with Crippen LogP contribution in [0.5, 0.6) is 0 Å². The molecular weight excluding hydrogens is 236 g/mol. The maximum Gasteiger partial charge on any atom is 0.149 e. The molecule has 94 valence electrons. The first-order valence-corrected chi connectivity index (χ1v) is 6.13. The van der Waals surface area contributed by atoms with E-state index in [1.54, 1.807) is 6.20 Å². The smallest absolute Gasteiger partial charge is 0.149 e. The van der Waals surface area contributed by atoms with Crippen molar-refractivity contribution in [1.82, 2.24) is 9.97 Å². The number of aromatic nitrogens is 2. The van der Waals surface area contributed by atoms with Crippen molar-refractivity contribution in [1.29, 1.82) is 0 Å². The number of para-hydroxylation sites is 2. The molecule has 0 atom stereocenters. The van der Waals surface area contributed by atoms with Crippen LogP contribution in [0.2, 0.25) is 0 Å². The maximum absolute atomic E-state index is 5.63. The van der Waals surface area contributed by atoms with Gasteiger partial charge < -0.3 is 11.1 Å². The monoisotopic (exact) mass is 250 g/mol. The Bertz CT molecular complexity index is 709. The highest BCUT2D eigenvalue weighted by Gasteiger charge is 2.00. The average Bonchev–Trinajstić information content (AvgIpc) is 2.47. The molecule has 3 N–H and O–H groups in total. The first-order chi connectivity index (χ1) is 9.35. The Morgan fingerprint density at radius 2 is 1.84 bits per heavy atom. The summed E-state index contributed by atoms with van der Waals surface area (Å²) in [6, 6.07) is 15.8. The van der Waals surface area contributed by atoms with Crippen LogP contribution < -0.4 is 11.1 Å². The van der Waals surface area contributed by atoms with Gasteiger partial charge in [0.15, 0.2) is 0 Å². The summed E-state index contributed by atoms with van der Waals surface area (Å²) in [7, 11) is 0. The van der Waals surface area contributed by atoms with Crippen LogP contribution in [0.3, 0.4) is 0 Å². The van der Waals surface area contributed by atoms with Gasteiger partial charge in [0.05, 0.1) is 17.2 Å². The number of anilines is 2. The summed E-state index contributed by atoms with van der Waals surface area (Å²) in [4.78, 5) is 8.89. The van der Waals surface area contributed by atoms with Crippen LogP contribution in [-0.2, 0) is 6.54 Å². The Hall–Kier alpha value is -2.46. The number of nitrogens with two attached hydrogens (primary N) is 1. The molecule has 0 saturated carbocycles. The zero-order chi connectivity index (χ0) is 13.1. The van der Waals surface area contributed by atoms with Gasteiger partial charge in [-0.3, -0.25) is 4.98 Å². The minimum Gasteiger partial charge on any atom is -0.339 e. The Balaban J connectivity index is 1.92. The van der Waals surface area contributed by atoms with Gasteiger partial charge in [-0.05, 0) is 29.8 Å². The van der Waals surface area contributed by atoms with E-state index in [-0.39, 0.29) is 0 Å². The van der Waals surface area contributed by atoms with Crippen molar-refractivity contribution in [3.8, 4) is 0 Å². The van der Waals surface area contributed by atoms with Crippen molar-refractivity contribution in [3.63, 3.8) is 0 Å². The highest BCUT2D eigenvalue weighted by molar-refractivity contribution is 5.76. The average molecular weight is 250 g/mol. The maximum atomic E-state index is 5.63. The van der Waals surface area contributed by atoms with Crippen molar-refractivity contribution in [2.75, 3.05) is 5.32 Å². The molecular formula is C15H14N4. The molecule has 0 amide bonds. The van der Waals surface area contributed by atoms with Crippen molar-refractivity contribution in [2.45, 2.75) is 6.54 Å². The van der Waals surface area contributed by atoms with E-state index >= 15 is 0 Å². The molecule has 4 heteroatoms. The van der Waals surface area contributed by atoms with Crippen LogP contribution in [0.1, 0.15) is 5.56 Å². The summed E-state index contributed by atoms with van der Waals surface area (Å²) < 4.78 is 0. The standard InChI is InChI=1S/C15H14N4/c16-9-11-4-3-5-12(8-11)18-15-10-17-13-6-1-2-7-14(13)19-15/h1-8,10H,9,16H2,(H,18,19). The van der Waals surface area contributed by atoms with Crippen LogP contribution in [0.4, 0.5) is 11.5 Å². The third kappa shape index (κ3) is 2.53. The highest BCUT2D eigenvalue weighted by Crippen LogP contribution is 2.17. The van der Waals surface area contributed by atoms with E-state index in [1.165, 1.54) is 0 Å². The summed E-state index contributed by atoms with van der Waals surface area (Å²) in [5.74, 6) is 0.730. The molecule has 0 unspecified atom stereocenters. The van der Waals surface area contributed by atoms with Crippen LogP contribution in [0.15, 0.2) is 54.7 Å². The van der Waals surface area contributed by atoms with Gasteiger partial charge in [0.1, 0.15) is 5.82 Å². The largest absolute Gasteiger partial charge is 0.339 e. The number of nitrogens with zero attached hydrogens (tertiary/aromatic N) is 2. The van der Waals surface area contributed by atoms with Crippen molar-refractivity contribution in [3.05, 3.63) is 60.3 Å². The molecule has 0 aliphatic rings. The normalized spacial score (nSPS) is 10.6. The van der Waals surface area contributed by atoms with Crippen LogP contribution >= 0.6 is 0 Å².